The van der Waals surface area contributed by atoms with Crippen molar-refractivity contribution in [3.63, 3.8) is 0 Å². The van der Waals surface area contributed by atoms with Gasteiger partial charge in [0.25, 0.3) is 0 Å². The molecule has 15 heavy (non-hydrogen) atoms. The number of nitriles is 1. The van der Waals surface area contributed by atoms with Crippen LogP contribution >= 0.6 is 0 Å². The van der Waals surface area contributed by atoms with Crippen molar-refractivity contribution in [2.45, 2.75) is 19.9 Å². The Morgan fingerprint density at radius 2 is 2.20 bits per heavy atom. The van der Waals surface area contributed by atoms with Crippen LogP contribution in [-0.2, 0) is 0 Å². The van der Waals surface area contributed by atoms with E-state index in [4.69, 9.17) is 10.4 Å². The third-order valence-electron chi connectivity index (χ3n) is 2.10. The molecule has 0 aliphatic carbocycles. The smallest absolute Gasteiger partial charge is 0.158 e. The minimum atomic E-state index is -0.0489. The molecular formula is C10H14N4O. The number of rotatable bonds is 4. The molecule has 1 atom stereocenters. The van der Waals surface area contributed by atoms with Crippen LogP contribution < -0.4 is 5.32 Å². The Morgan fingerprint density at radius 3 is 2.60 bits per heavy atom. The van der Waals surface area contributed by atoms with Crippen LogP contribution in [0.2, 0.25) is 0 Å². The maximum atomic E-state index is 9.10. The Morgan fingerprint density at radius 1 is 1.47 bits per heavy atom. The number of aromatic nitrogens is 2. The van der Waals surface area contributed by atoms with Crippen LogP contribution in [0.3, 0.4) is 0 Å². The second-order valence-corrected chi connectivity index (χ2v) is 3.58. The first-order valence-corrected chi connectivity index (χ1v) is 4.77. The van der Waals surface area contributed by atoms with Gasteiger partial charge >= 0.3 is 0 Å². The summed E-state index contributed by atoms with van der Waals surface area (Å²) in [4.78, 5) is 7.89. The molecule has 0 bridgehead atoms. The SMILES string of the molecule is CC(C)[C@@H](CO)Nc1cnc(C#N)cn1. The zero-order valence-corrected chi connectivity index (χ0v) is 8.81. The summed E-state index contributed by atoms with van der Waals surface area (Å²) in [6.45, 7) is 4.05. The summed E-state index contributed by atoms with van der Waals surface area (Å²) in [5.41, 5.74) is 0.283. The summed E-state index contributed by atoms with van der Waals surface area (Å²) in [6.07, 6.45) is 2.89. The molecule has 0 fully saturated rings. The molecule has 0 amide bonds. The number of hydrogen-bond acceptors (Lipinski definition) is 5. The predicted molar refractivity (Wildman–Crippen MR) is 56.1 cm³/mol. The molecule has 0 radical (unpaired) electrons. The number of nitrogens with one attached hydrogen (secondary N) is 1. The summed E-state index contributed by atoms with van der Waals surface area (Å²) in [7, 11) is 0. The van der Waals surface area contributed by atoms with Gasteiger partial charge in [-0.05, 0) is 5.92 Å². The quantitative estimate of drug-likeness (QED) is 0.760. The standard InChI is InChI=1S/C10H14N4O/c1-7(2)9(6-15)14-10-5-12-8(3-11)4-13-10/h4-5,7,9,15H,6H2,1-2H3,(H,13,14)/t9-/m1/s1. The Hall–Kier alpha value is -1.67. The highest BCUT2D eigenvalue weighted by atomic mass is 16.3. The lowest BCUT2D eigenvalue weighted by molar-refractivity contribution is 0.249. The minimum absolute atomic E-state index is 0.0410. The molecule has 80 valence electrons. The van der Waals surface area contributed by atoms with Gasteiger partial charge in [0.2, 0.25) is 0 Å². The van der Waals surface area contributed by atoms with Crippen molar-refractivity contribution in [1.29, 1.82) is 5.26 Å². The Bertz CT molecular complexity index is 341. The van der Waals surface area contributed by atoms with E-state index in [1.165, 1.54) is 12.4 Å². The fraction of sp³-hybridized carbons (Fsp3) is 0.500. The summed E-state index contributed by atoms with van der Waals surface area (Å²) in [5, 5.41) is 20.7. The second kappa shape index (κ2) is 5.27. The molecule has 1 rings (SSSR count). The van der Waals surface area contributed by atoms with Crippen molar-refractivity contribution in [3.8, 4) is 6.07 Å². The summed E-state index contributed by atoms with van der Waals surface area (Å²) in [5.74, 6) is 0.870. The number of aliphatic hydroxyl groups is 1. The van der Waals surface area contributed by atoms with Crippen molar-refractivity contribution in [1.82, 2.24) is 9.97 Å². The van der Waals surface area contributed by atoms with E-state index in [0.29, 0.717) is 11.7 Å². The molecule has 1 heterocycles. The second-order valence-electron chi connectivity index (χ2n) is 3.58. The molecular weight excluding hydrogens is 192 g/mol. The maximum absolute atomic E-state index is 9.10. The lowest BCUT2D eigenvalue weighted by Crippen LogP contribution is -2.29. The Labute approximate surface area is 88.8 Å². The molecule has 0 spiro atoms. The highest BCUT2D eigenvalue weighted by molar-refractivity contribution is 5.34. The fourth-order valence-corrected chi connectivity index (χ4v) is 1.07. The average molecular weight is 206 g/mol. The van der Waals surface area contributed by atoms with E-state index < -0.39 is 0 Å². The van der Waals surface area contributed by atoms with Gasteiger partial charge in [0.05, 0.1) is 25.0 Å². The fourth-order valence-electron chi connectivity index (χ4n) is 1.07. The predicted octanol–water partition coefficient (Wildman–Crippen LogP) is 0.777. The van der Waals surface area contributed by atoms with Gasteiger partial charge in [-0.2, -0.15) is 5.26 Å². The number of nitrogens with zero attached hydrogens (tertiary/aromatic N) is 3. The monoisotopic (exact) mass is 206 g/mol. The highest BCUT2D eigenvalue weighted by Crippen LogP contribution is 2.08. The Balaban J connectivity index is 2.68. The summed E-state index contributed by atoms with van der Waals surface area (Å²) in [6, 6.07) is 1.84. The van der Waals surface area contributed by atoms with Gasteiger partial charge in [-0.1, -0.05) is 13.8 Å². The van der Waals surface area contributed by atoms with Crippen LogP contribution in [-0.4, -0.2) is 27.7 Å². The van der Waals surface area contributed by atoms with E-state index in [0.717, 1.165) is 0 Å². The van der Waals surface area contributed by atoms with Crippen LogP contribution in [0.1, 0.15) is 19.5 Å². The van der Waals surface area contributed by atoms with E-state index in [1.54, 1.807) is 0 Å². The molecule has 0 aliphatic heterocycles. The van der Waals surface area contributed by atoms with Gasteiger partial charge in [-0.15, -0.1) is 0 Å². The van der Waals surface area contributed by atoms with Crippen LogP contribution in [0.4, 0.5) is 5.82 Å². The topological polar surface area (TPSA) is 81.8 Å². The zero-order chi connectivity index (χ0) is 11.3. The maximum Gasteiger partial charge on any atom is 0.158 e. The van der Waals surface area contributed by atoms with E-state index in [1.807, 2.05) is 19.9 Å². The van der Waals surface area contributed by atoms with Gasteiger partial charge in [0, 0.05) is 0 Å². The first-order valence-electron chi connectivity index (χ1n) is 4.77. The summed E-state index contributed by atoms with van der Waals surface area (Å²) >= 11 is 0. The van der Waals surface area contributed by atoms with Crippen molar-refractivity contribution in [2.24, 2.45) is 5.92 Å². The zero-order valence-electron chi connectivity index (χ0n) is 8.81. The molecule has 0 aliphatic rings. The normalized spacial score (nSPS) is 12.2. The number of hydrogen-bond donors (Lipinski definition) is 2. The lowest BCUT2D eigenvalue weighted by Gasteiger charge is -2.19. The van der Waals surface area contributed by atoms with Crippen LogP contribution in [0.15, 0.2) is 12.4 Å². The molecule has 0 saturated carbocycles. The van der Waals surface area contributed by atoms with Gasteiger partial charge in [-0.3, -0.25) is 0 Å². The number of anilines is 1. The highest BCUT2D eigenvalue weighted by Gasteiger charge is 2.12. The van der Waals surface area contributed by atoms with Crippen molar-refractivity contribution >= 4 is 5.82 Å². The van der Waals surface area contributed by atoms with Gasteiger partial charge in [0.15, 0.2) is 5.69 Å². The molecule has 5 nitrogen and oxygen atoms in total. The van der Waals surface area contributed by atoms with Crippen LogP contribution in [0.25, 0.3) is 0 Å². The van der Waals surface area contributed by atoms with E-state index >= 15 is 0 Å². The lowest BCUT2D eigenvalue weighted by atomic mass is 10.1. The third kappa shape index (κ3) is 3.18. The minimum Gasteiger partial charge on any atom is -0.394 e. The Kier molecular flexibility index (Phi) is 4.01. The molecule has 0 saturated heterocycles. The molecule has 2 N–H and O–H groups in total. The van der Waals surface area contributed by atoms with E-state index in [-0.39, 0.29) is 18.3 Å². The van der Waals surface area contributed by atoms with Crippen molar-refractivity contribution in [3.05, 3.63) is 18.1 Å². The molecule has 1 aromatic heterocycles. The summed E-state index contributed by atoms with van der Waals surface area (Å²) < 4.78 is 0. The van der Waals surface area contributed by atoms with Crippen LogP contribution in [0, 0.1) is 17.2 Å². The third-order valence-corrected chi connectivity index (χ3v) is 2.10. The molecule has 0 aromatic carbocycles. The van der Waals surface area contributed by atoms with E-state index in [2.05, 4.69) is 15.3 Å². The molecule has 0 unspecified atom stereocenters. The van der Waals surface area contributed by atoms with Gasteiger partial charge in [-0.25, -0.2) is 9.97 Å². The van der Waals surface area contributed by atoms with Crippen LogP contribution in [0.5, 0.6) is 0 Å². The van der Waals surface area contributed by atoms with Crippen molar-refractivity contribution in [2.75, 3.05) is 11.9 Å². The van der Waals surface area contributed by atoms with E-state index in [9.17, 15) is 0 Å². The van der Waals surface area contributed by atoms with Gasteiger partial charge < -0.3 is 10.4 Å². The number of aliphatic hydroxyl groups excluding tert-OH is 1. The average Bonchev–Trinajstić information content (AvgIpc) is 2.26. The van der Waals surface area contributed by atoms with Gasteiger partial charge in [0.1, 0.15) is 11.9 Å². The molecule has 1 aromatic rings. The first-order chi connectivity index (χ1) is 7.17. The largest absolute Gasteiger partial charge is 0.394 e. The van der Waals surface area contributed by atoms with Crippen molar-refractivity contribution < 1.29 is 5.11 Å². The molecule has 5 heteroatoms. The first kappa shape index (κ1) is 11.4.